The Bertz CT molecular complexity index is 1620. The summed E-state index contributed by atoms with van der Waals surface area (Å²) in [6.07, 6.45) is 6.42. The molecule has 2 saturated heterocycles. The molecule has 0 bridgehead atoms. The van der Waals surface area contributed by atoms with E-state index in [-0.39, 0.29) is 23.0 Å². The number of fused-ring (bicyclic) bond motifs is 1. The highest BCUT2D eigenvalue weighted by atomic mass is 35.5. The van der Waals surface area contributed by atoms with E-state index in [9.17, 15) is 9.59 Å². The molecule has 0 N–H and O–H groups in total. The zero-order valence-corrected chi connectivity index (χ0v) is 24.9. The Morgan fingerprint density at radius 3 is 2.57 bits per heavy atom. The molecule has 42 heavy (non-hydrogen) atoms. The third-order valence-corrected chi connectivity index (χ3v) is 10.3. The molecule has 6 nitrogen and oxygen atoms in total. The number of nitrogens with zero attached hydrogens (tertiary/aromatic N) is 3. The molecule has 2 aromatic heterocycles. The lowest BCUT2D eigenvalue weighted by Crippen LogP contribution is -2.59. The summed E-state index contributed by atoms with van der Waals surface area (Å²) in [4.78, 5) is 37.7. The van der Waals surface area contributed by atoms with Crippen molar-refractivity contribution < 1.29 is 14.3 Å². The van der Waals surface area contributed by atoms with E-state index in [1.807, 2.05) is 48.5 Å². The molecular weight excluding hydrogens is 566 g/mol. The SMILES string of the molecule is O=C(c1ccc(N(C(=O)c2cccnc2N2CC3(CCOCC3)C2)c2ccccc2Cl)cc1)C1CCc2ccsc2C1. The van der Waals surface area contributed by atoms with Crippen molar-refractivity contribution in [1.82, 2.24) is 4.98 Å². The Balaban J connectivity index is 1.18. The lowest BCUT2D eigenvalue weighted by molar-refractivity contribution is -0.000511. The Morgan fingerprint density at radius 1 is 1.00 bits per heavy atom. The molecule has 0 radical (unpaired) electrons. The van der Waals surface area contributed by atoms with Crippen LogP contribution >= 0.6 is 22.9 Å². The zero-order valence-electron chi connectivity index (χ0n) is 23.3. The summed E-state index contributed by atoms with van der Waals surface area (Å²) in [5.41, 5.74) is 4.04. The van der Waals surface area contributed by atoms with Crippen LogP contribution < -0.4 is 9.80 Å². The van der Waals surface area contributed by atoms with Gasteiger partial charge in [0, 0.05) is 60.0 Å². The first-order chi connectivity index (χ1) is 20.5. The molecule has 1 spiro atoms. The molecule has 2 fully saturated rings. The number of aromatic nitrogens is 1. The van der Waals surface area contributed by atoms with Crippen molar-refractivity contribution in [3.8, 4) is 0 Å². The van der Waals surface area contributed by atoms with Gasteiger partial charge in [-0.25, -0.2) is 4.98 Å². The summed E-state index contributed by atoms with van der Waals surface area (Å²) < 4.78 is 5.58. The molecule has 8 heteroatoms. The largest absolute Gasteiger partial charge is 0.381 e. The number of carbonyl (C=O) groups excluding carboxylic acids is 2. The number of halogens is 1. The minimum atomic E-state index is -0.212. The number of hydrogen-bond acceptors (Lipinski definition) is 6. The summed E-state index contributed by atoms with van der Waals surface area (Å²) in [7, 11) is 0. The number of ketones is 1. The molecule has 1 atom stereocenters. The molecule has 1 aliphatic carbocycles. The first-order valence-electron chi connectivity index (χ1n) is 14.6. The number of amides is 1. The normalized spacial score (nSPS) is 19.2. The number of Topliss-reactive ketones (excluding diaryl/α,β-unsaturated/α-hetero) is 1. The maximum absolute atomic E-state index is 14.4. The molecule has 3 aliphatic rings. The van der Waals surface area contributed by atoms with E-state index in [0.29, 0.717) is 33.3 Å². The van der Waals surface area contributed by atoms with Gasteiger partial charge in [-0.15, -0.1) is 11.3 Å². The first-order valence-corrected chi connectivity index (χ1v) is 15.8. The molecule has 7 rings (SSSR count). The average Bonchev–Trinajstić information content (AvgIpc) is 3.49. The molecule has 4 aromatic rings. The van der Waals surface area contributed by atoms with Gasteiger partial charge >= 0.3 is 0 Å². The van der Waals surface area contributed by atoms with E-state index >= 15 is 0 Å². The maximum atomic E-state index is 14.4. The van der Waals surface area contributed by atoms with E-state index in [0.717, 1.165) is 58.4 Å². The minimum Gasteiger partial charge on any atom is -0.381 e. The van der Waals surface area contributed by atoms with Crippen molar-refractivity contribution in [3.63, 3.8) is 0 Å². The molecule has 2 aliphatic heterocycles. The number of aryl methyl sites for hydroxylation is 1. The number of anilines is 3. The van der Waals surface area contributed by atoms with Crippen molar-refractivity contribution in [2.45, 2.75) is 32.1 Å². The topological polar surface area (TPSA) is 62.7 Å². The van der Waals surface area contributed by atoms with E-state index in [1.165, 1.54) is 10.4 Å². The van der Waals surface area contributed by atoms with Gasteiger partial charge in [0.2, 0.25) is 0 Å². The second-order valence-corrected chi connectivity index (χ2v) is 13.1. The van der Waals surface area contributed by atoms with Crippen molar-refractivity contribution in [3.05, 3.63) is 105 Å². The average molecular weight is 598 g/mol. The van der Waals surface area contributed by atoms with Gasteiger partial charge in [-0.05, 0) is 97.6 Å². The highest BCUT2D eigenvalue weighted by molar-refractivity contribution is 7.10. The molecule has 214 valence electrons. The van der Waals surface area contributed by atoms with Gasteiger partial charge < -0.3 is 9.64 Å². The Kier molecular flexibility index (Phi) is 7.34. The summed E-state index contributed by atoms with van der Waals surface area (Å²) in [5.74, 6) is 0.617. The van der Waals surface area contributed by atoms with E-state index in [1.54, 1.807) is 34.6 Å². The number of thiophene rings is 1. The highest BCUT2D eigenvalue weighted by Gasteiger charge is 2.45. The molecule has 4 heterocycles. The van der Waals surface area contributed by atoms with E-state index in [2.05, 4.69) is 21.3 Å². The summed E-state index contributed by atoms with van der Waals surface area (Å²) >= 11 is 8.41. The highest BCUT2D eigenvalue weighted by Crippen LogP contribution is 2.43. The molecule has 0 saturated carbocycles. The number of carbonyl (C=O) groups is 2. The summed E-state index contributed by atoms with van der Waals surface area (Å²) in [6.45, 7) is 3.31. The van der Waals surface area contributed by atoms with Gasteiger partial charge in [0.25, 0.3) is 5.91 Å². The van der Waals surface area contributed by atoms with Crippen LogP contribution in [0.5, 0.6) is 0 Å². The lowest BCUT2D eigenvalue weighted by atomic mass is 9.73. The first kappa shape index (κ1) is 27.3. The van der Waals surface area contributed by atoms with Crippen LogP contribution in [0.2, 0.25) is 5.02 Å². The third kappa shape index (κ3) is 5.04. The third-order valence-electron chi connectivity index (χ3n) is 9.03. The van der Waals surface area contributed by atoms with Gasteiger partial charge in [0.1, 0.15) is 5.82 Å². The van der Waals surface area contributed by atoms with Crippen LogP contribution in [-0.2, 0) is 17.6 Å². The van der Waals surface area contributed by atoms with Gasteiger partial charge in [-0.3, -0.25) is 14.5 Å². The quantitative estimate of drug-likeness (QED) is 0.217. The number of rotatable bonds is 6. The van der Waals surface area contributed by atoms with Crippen molar-refractivity contribution in [2.24, 2.45) is 11.3 Å². The zero-order chi connectivity index (χ0) is 28.7. The molecule has 2 aromatic carbocycles. The van der Waals surface area contributed by atoms with Gasteiger partial charge in [0.05, 0.1) is 16.3 Å². The second-order valence-electron chi connectivity index (χ2n) is 11.7. The number of ether oxygens (including phenoxy) is 1. The number of benzene rings is 2. The second kappa shape index (κ2) is 11.3. The van der Waals surface area contributed by atoms with E-state index < -0.39 is 0 Å². The fraction of sp³-hybridized carbons (Fsp3) is 0.324. The van der Waals surface area contributed by atoms with E-state index in [4.69, 9.17) is 16.3 Å². The Hall–Kier alpha value is -3.52. The molecule has 1 amide bonds. The van der Waals surface area contributed by atoms with Gasteiger partial charge in [0.15, 0.2) is 5.78 Å². The van der Waals surface area contributed by atoms with Crippen LogP contribution in [0.25, 0.3) is 0 Å². The van der Waals surface area contributed by atoms with Crippen LogP contribution in [0, 0.1) is 11.3 Å². The smallest absolute Gasteiger partial charge is 0.266 e. The fourth-order valence-corrected chi connectivity index (χ4v) is 7.86. The molecule has 1 unspecified atom stereocenters. The van der Waals surface area contributed by atoms with Gasteiger partial charge in [-0.2, -0.15) is 0 Å². The fourth-order valence-electron chi connectivity index (χ4n) is 6.63. The van der Waals surface area contributed by atoms with Crippen LogP contribution in [-0.4, -0.2) is 43.0 Å². The predicted octanol–water partition coefficient (Wildman–Crippen LogP) is 7.38. The lowest BCUT2D eigenvalue weighted by Gasteiger charge is -2.53. The summed E-state index contributed by atoms with van der Waals surface area (Å²) in [6, 6.07) is 20.5. The minimum absolute atomic E-state index is 0.0169. The summed E-state index contributed by atoms with van der Waals surface area (Å²) in [5, 5.41) is 2.58. The van der Waals surface area contributed by atoms with Gasteiger partial charge in [-0.1, -0.05) is 23.7 Å². The van der Waals surface area contributed by atoms with Crippen LogP contribution in [0.3, 0.4) is 0 Å². The van der Waals surface area contributed by atoms with Crippen molar-refractivity contribution in [2.75, 3.05) is 36.1 Å². The van der Waals surface area contributed by atoms with Crippen LogP contribution in [0.15, 0.2) is 78.3 Å². The maximum Gasteiger partial charge on any atom is 0.266 e. The number of hydrogen-bond donors (Lipinski definition) is 0. The standard InChI is InChI=1S/C34H32ClN3O3S/c35-28-5-1-2-6-29(28)38(26-11-9-24(10-12-26)31(39)25-8-7-23-13-19-42-30(23)20-25)33(40)27-4-3-16-36-32(27)37-21-34(22-37)14-17-41-18-15-34/h1-6,9-13,16,19,25H,7-8,14-15,17-18,20-22H2. The number of para-hydroxylation sites is 1. The number of pyridine rings is 1. The van der Waals surface area contributed by atoms with Crippen LogP contribution in [0.4, 0.5) is 17.2 Å². The molecular formula is C34H32ClN3O3S. The van der Waals surface area contributed by atoms with Crippen molar-refractivity contribution in [1.29, 1.82) is 0 Å². The Labute approximate surface area is 254 Å². The van der Waals surface area contributed by atoms with Crippen LogP contribution in [0.1, 0.15) is 50.4 Å². The van der Waals surface area contributed by atoms with Crippen molar-refractivity contribution >= 4 is 51.8 Å². The monoisotopic (exact) mass is 597 g/mol. The Morgan fingerprint density at radius 2 is 1.79 bits per heavy atom. The predicted molar refractivity (Wildman–Crippen MR) is 167 cm³/mol.